The average Bonchev–Trinajstić information content (AvgIpc) is 3.44. The summed E-state index contributed by atoms with van der Waals surface area (Å²) < 4.78 is 0. The topological polar surface area (TPSA) is 81.2 Å². The molecule has 7 heteroatoms. The van der Waals surface area contributed by atoms with Crippen molar-refractivity contribution in [3.05, 3.63) is 59.2 Å². The summed E-state index contributed by atoms with van der Waals surface area (Å²) >= 11 is 0. The number of phenolic OH excluding ortho intramolecular Hbond substituents is 1. The number of carbonyl (C=O) groups excluding carboxylic acids is 3. The van der Waals surface area contributed by atoms with Gasteiger partial charge in [-0.25, -0.2) is 0 Å². The molecular weight excluding hydrogens is 406 g/mol. The van der Waals surface area contributed by atoms with Crippen molar-refractivity contribution in [2.24, 2.45) is 5.92 Å². The molecule has 2 heterocycles. The quantitative estimate of drug-likeness (QED) is 0.805. The fourth-order valence-electron chi connectivity index (χ4n) is 5.06. The first-order valence-corrected chi connectivity index (χ1v) is 11.3. The summed E-state index contributed by atoms with van der Waals surface area (Å²) in [5.41, 5.74) is 4.02. The molecule has 1 unspecified atom stereocenters. The first kappa shape index (κ1) is 20.5. The predicted octanol–water partition coefficient (Wildman–Crippen LogP) is 2.22. The molecule has 1 atom stereocenters. The number of phenols is 1. The third-order valence-corrected chi connectivity index (χ3v) is 6.84. The standard InChI is InChI=1S/C25H27N3O4/c29-22-6-2-5-19(14-22)24(31)26-9-11-27(12-10-26)25(32)20-15-23(30)28(16-20)21-8-7-17-3-1-4-18(17)13-21/h2,5-8,13-14,20,29H,1,3-4,9-12,15-16H2. The Morgan fingerprint density at radius 2 is 1.66 bits per heavy atom. The summed E-state index contributed by atoms with van der Waals surface area (Å²) in [6.07, 6.45) is 3.55. The fraction of sp³-hybridized carbons (Fsp3) is 0.400. The Balaban J connectivity index is 1.19. The summed E-state index contributed by atoms with van der Waals surface area (Å²) in [7, 11) is 0. The van der Waals surface area contributed by atoms with Crippen LogP contribution >= 0.6 is 0 Å². The molecule has 0 bridgehead atoms. The van der Waals surface area contributed by atoms with E-state index in [4.69, 9.17) is 0 Å². The maximum atomic E-state index is 13.1. The maximum absolute atomic E-state index is 13.1. The van der Waals surface area contributed by atoms with Crippen molar-refractivity contribution in [2.45, 2.75) is 25.7 Å². The van der Waals surface area contributed by atoms with Gasteiger partial charge in [0, 0.05) is 50.4 Å². The second kappa shape index (κ2) is 8.30. The Labute approximate surface area is 187 Å². The maximum Gasteiger partial charge on any atom is 0.254 e. The monoisotopic (exact) mass is 433 g/mol. The molecule has 0 spiro atoms. The van der Waals surface area contributed by atoms with Gasteiger partial charge in [-0.05, 0) is 60.7 Å². The zero-order valence-electron chi connectivity index (χ0n) is 18.0. The lowest BCUT2D eigenvalue weighted by Crippen LogP contribution is -2.52. The normalized spacial score (nSPS) is 20.6. The van der Waals surface area contributed by atoms with Gasteiger partial charge in [-0.1, -0.05) is 12.1 Å². The molecule has 2 saturated heterocycles. The molecule has 3 aliphatic rings. The zero-order chi connectivity index (χ0) is 22.2. The minimum Gasteiger partial charge on any atom is -0.508 e. The minimum atomic E-state index is -0.343. The SMILES string of the molecule is O=C(c1cccc(O)c1)N1CCN(C(=O)C2CC(=O)N(c3ccc4c(c3)CCC4)C2)CC1. The molecule has 3 amide bonds. The van der Waals surface area contributed by atoms with Crippen LogP contribution in [-0.4, -0.2) is 65.4 Å². The number of hydrogen-bond donors (Lipinski definition) is 1. The molecule has 0 radical (unpaired) electrons. The van der Waals surface area contributed by atoms with Crippen molar-refractivity contribution in [1.29, 1.82) is 0 Å². The molecule has 166 valence electrons. The molecule has 0 aromatic heterocycles. The lowest BCUT2D eigenvalue weighted by atomic mass is 10.1. The van der Waals surface area contributed by atoms with E-state index in [1.165, 1.54) is 23.3 Å². The molecular formula is C25H27N3O4. The van der Waals surface area contributed by atoms with Gasteiger partial charge < -0.3 is 19.8 Å². The van der Waals surface area contributed by atoms with Crippen molar-refractivity contribution >= 4 is 23.4 Å². The number of aromatic hydroxyl groups is 1. The Morgan fingerprint density at radius 3 is 2.44 bits per heavy atom. The van der Waals surface area contributed by atoms with Crippen LogP contribution in [0.15, 0.2) is 42.5 Å². The van der Waals surface area contributed by atoms with Crippen LogP contribution in [0, 0.1) is 5.92 Å². The van der Waals surface area contributed by atoms with E-state index in [0.717, 1.165) is 24.9 Å². The molecule has 1 N–H and O–H groups in total. The van der Waals surface area contributed by atoms with Crippen molar-refractivity contribution in [1.82, 2.24) is 9.80 Å². The lowest BCUT2D eigenvalue weighted by molar-refractivity contribution is -0.137. The summed E-state index contributed by atoms with van der Waals surface area (Å²) in [6, 6.07) is 12.5. The van der Waals surface area contributed by atoms with E-state index < -0.39 is 0 Å². The second-order valence-corrected chi connectivity index (χ2v) is 8.88. The van der Waals surface area contributed by atoms with E-state index in [0.29, 0.717) is 38.3 Å². The number of anilines is 1. The van der Waals surface area contributed by atoms with Gasteiger partial charge in [0.25, 0.3) is 5.91 Å². The molecule has 0 saturated carbocycles. The Kier molecular flexibility index (Phi) is 5.33. The summed E-state index contributed by atoms with van der Waals surface area (Å²) in [6.45, 7) is 2.20. The van der Waals surface area contributed by atoms with E-state index in [2.05, 4.69) is 12.1 Å². The molecule has 2 aromatic rings. The molecule has 1 aliphatic carbocycles. The van der Waals surface area contributed by atoms with Crippen LogP contribution < -0.4 is 4.90 Å². The number of carbonyl (C=O) groups is 3. The third kappa shape index (κ3) is 3.83. The number of amides is 3. The van der Waals surface area contributed by atoms with Gasteiger partial charge >= 0.3 is 0 Å². The zero-order valence-corrected chi connectivity index (χ0v) is 18.0. The highest BCUT2D eigenvalue weighted by atomic mass is 16.3. The van der Waals surface area contributed by atoms with Crippen LogP contribution in [0.3, 0.4) is 0 Å². The summed E-state index contributed by atoms with van der Waals surface area (Å²) in [5.74, 6) is -0.440. The largest absolute Gasteiger partial charge is 0.508 e. The highest BCUT2D eigenvalue weighted by Gasteiger charge is 2.38. The van der Waals surface area contributed by atoms with E-state index in [-0.39, 0.29) is 35.8 Å². The van der Waals surface area contributed by atoms with Gasteiger partial charge in [0.1, 0.15) is 5.75 Å². The van der Waals surface area contributed by atoms with Crippen molar-refractivity contribution < 1.29 is 19.5 Å². The average molecular weight is 434 g/mol. The lowest BCUT2D eigenvalue weighted by Gasteiger charge is -2.36. The minimum absolute atomic E-state index is 0.000930. The molecule has 32 heavy (non-hydrogen) atoms. The van der Waals surface area contributed by atoms with Crippen LogP contribution in [-0.2, 0) is 22.4 Å². The fourth-order valence-corrected chi connectivity index (χ4v) is 5.06. The van der Waals surface area contributed by atoms with E-state index in [1.54, 1.807) is 26.8 Å². The first-order chi connectivity index (χ1) is 15.5. The second-order valence-electron chi connectivity index (χ2n) is 8.88. The highest BCUT2D eigenvalue weighted by molar-refractivity contribution is 6.00. The van der Waals surface area contributed by atoms with Crippen molar-refractivity contribution in [2.75, 3.05) is 37.6 Å². The highest BCUT2D eigenvalue weighted by Crippen LogP contribution is 2.31. The Morgan fingerprint density at radius 1 is 0.906 bits per heavy atom. The van der Waals surface area contributed by atoms with Gasteiger partial charge in [0.05, 0.1) is 5.92 Å². The predicted molar refractivity (Wildman–Crippen MR) is 120 cm³/mol. The van der Waals surface area contributed by atoms with E-state index in [1.807, 2.05) is 6.07 Å². The van der Waals surface area contributed by atoms with Gasteiger partial charge in [-0.2, -0.15) is 0 Å². The Hall–Kier alpha value is -3.35. The van der Waals surface area contributed by atoms with E-state index in [9.17, 15) is 19.5 Å². The number of nitrogens with zero attached hydrogens (tertiary/aromatic N) is 3. The van der Waals surface area contributed by atoms with Crippen LogP contribution in [0.1, 0.15) is 34.3 Å². The summed E-state index contributed by atoms with van der Waals surface area (Å²) in [5, 5.41) is 9.61. The molecule has 2 aliphatic heterocycles. The van der Waals surface area contributed by atoms with E-state index >= 15 is 0 Å². The molecule has 5 rings (SSSR count). The number of aryl methyl sites for hydroxylation is 2. The summed E-state index contributed by atoms with van der Waals surface area (Å²) in [4.78, 5) is 43.7. The van der Waals surface area contributed by atoms with Gasteiger partial charge in [-0.15, -0.1) is 0 Å². The smallest absolute Gasteiger partial charge is 0.254 e. The van der Waals surface area contributed by atoms with Crippen LogP contribution in [0.4, 0.5) is 5.69 Å². The van der Waals surface area contributed by atoms with Crippen molar-refractivity contribution in [3.8, 4) is 5.75 Å². The first-order valence-electron chi connectivity index (χ1n) is 11.3. The number of fused-ring (bicyclic) bond motifs is 1. The van der Waals surface area contributed by atoms with Crippen LogP contribution in [0.25, 0.3) is 0 Å². The molecule has 7 nitrogen and oxygen atoms in total. The number of benzene rings is 2. The van der Waals surface area contributed by atoms with Gasteiger partial charge in [0.2, 0.25) is 11.8 Å². The number of piperazine rings is 1. The van der Waals surface area contributed by atoms with Crippen LogP contribution in [0.5, 0.6) is 5.75 Å². The van der Waals surface area contributed by atoms with Crippen LogP contribution in [0.2, 0.25) is 0 Å². The Bertz CT molecular complexity index is 1070. The number of hydrogen-bond acceptors (Lipinski definition) is 4. The molecule has 2 aromatic carbocycles. The third-order valence-electron chi connectivity index (χ3n) is 6.84. The van der Waals surface area contributed by atoms with Gasteiger partial charge in [0.15, 0.2) is 0 Å². The molecule has 2 fully saturated rings. The van der Waals surface area contributed by atoms with Crippen molar-refractivity contribution in [3.63, 3.8) is 0 Å². The van der Waals surface area contributed by atoms with Gasteiger partial charge in [-0.3, -0.25) is 14.4 Å². The number of rotatable bonds is 3.